The Morgan fingerprint density at radius 2 is 1.06 bits per heavy atom. The van der Waals surface area contributed by atoms with Gasteiger partial charge in [-0.1, -0.05) is 138 Å². The monoisotopic (exact) mass is 682 g/mol. The van der Waals surface area contributed by atoms with E-state index >= 15 is 0 Å². The van der Waals surface area contributed by atoms with E-state index in [-0.39, 0.29) is 24.5 Å². The van der Waals surface area contributed by atoms with Crippen molar-refractivity contribution in [3.8, 4) is 0 Å². The van der Waals surface area contributed by atoms with Crippen LogP contribution in [0.25, 0.3) is 0 Å². The van der Waals surface area contributed by atoms with Gasteiger partial charge in [-0.25, -0.2) is 0 Å². The number of esters is 1. The maximum atomic E-state index is 12.7. The number of carboxylic acids is 1. The van der Waals surface area contributed by atoms with Crippen molar-refractivity contribution in [1.82, 2.24) is 5.32 Å². The smallest absolute Gasteiger partial charge is 0.322 e. The lowest BCUT2D eigenvalue weighted by Gasteiger charge is -2.14. The minimum absolute atomic E-state index is 0.0961. The molecule has 0 aromatic rings. The fourth-order valence-electron chi connectivity index (χ4n) is 5.22. The number of carbonyl (C=O) groups excluding carboxylic acids is 2. The van der Waals surface area contributed by atoms with Gasteiger partial charge in [0.1, 0.15) is 12.6 Å². The van der Waals surface area contributed by atoms with Crippen LogP contribution in [0.1, 0.15) is 168 Å². The van der Waals surface area contributed by atoms with Crippen LogP contribution in [-0.2, 0) is 19.1 Å². The summed E-state index contributed by atoms with van der Waals surface area (Å²) in [5.41, 5.74) is 0. The van der Waals surface area contributed by atoms with Gasteiger partial charge in [0.2, 0.25) is 5.91 Å². The molecule has 0 rings (SSSR count). The Bertz CT molecular complexity index is 975. The van der Waals surface area contributed by atoms with Crippen LogP contribution in [0.2, 0.25) is 0 Å². The van der Waals surface area contributed by atoms with Crippen molar-refractivity contribution in [3.05, 3.63) is 72.9 Å². The maximum absolute atomic E-state index is 12.7. The summed E-state index contributed by atoms with van der Waals surface area (Å²) in [4.78, 5) is 34.8. The van der Waals surface area contributed by atoms with Gasteiger partial charge in [-0.05, 0) is 89.5 Å². The van der Waals surface area contributed by atoms with Gasteiger partial charge in [0.05, 0.1) is 0 Å². The number of unbranched alkanes of at least 4 members (excludes halogenated alkanes) is 13. The van der Waals surface area contributed by atoms with E-state index in [1.54, 1.807) is 0 Å². The quantitative estimate of drug-likeness (QED) is 0.0400. The molecule has 1 amide bonds. The molecule has 2 N–H and O–H groups in total. The molecule has 0 saturated heterocycles. The molecule has 0 bridgehead atoms. The molecule has 49 heavy (non-hydrogen) atoms. The van der Waals surface area contributed by atoms with E-state index in [1.807, 2.05) is 0 Å². The van der Waals surface area contributed by atoms with Crippen molar-refractivity contribution in [2.45, 2.75) is 174 Å². The molecule has 0 aromatic carbocycles. The summed E-state index contributed by atoms with van der Waals surface area (Å²) in [5, 5.41) is 11.0. The van der Waals surface area contributed by atoms with Crippen molar-refractivity contribution in [1.29, 1.82) is 0 Å². The highest BCUT2D eigenvalue weighted by Crippen LogP contribution is 2.15. The van der Waals surface area contributed by atoms with Crippen molar-refractivity contribution < 1.29 is 24.2 Å². The van der Waals surface area contributed by atoms with Gasteiger partial charge in [-0.2, -0.15) is 0 Å². The lowest BCUT2D eigenvalue weighted by Crippen LogP contribution is -2.28. The van der Waals surface area contributed by atoms with Crippen LogP contribution in [-0.4, -0.2) is 35.6 Å². The lowest BCUT2D eigenvalue weighted by atomic mass is 10.1. The second-order valence-corrected chi connectivity index (χ2v) is 12.8. The topological polar surface area (TPSA) is 92.7 Å². The Morgan fingerprint density at radius 1 is 0.571 bits per heavy atom. The maximum Gasteiger partial charge on any atom is 0.322 e. The van der Waals surface area contributed by atoms with Gasteiger partial charge in [0.25, 0.3) is 0 Å². The standard InChI is InChI=1S/C43H71NO5/c1-3-5-7-9-11-13-14-15-16-17-18-19-20-22-24-30-34-38-43(48)49-40(35-31-27-23-21-12-10-8-6-4-2)36-32-28-25-26-29-33-37-41(45)44-39-42(46)47/h5,7,11,13,15-16,18-19,21,23,31,35,40H,3-4,6,8-10,12,14,17,20,22,24-30,32-34,36-39H2,1-2H3,(H,44,45)(H,46,47)/b7-5-,13-11-,16-15-,19-18-,23-21-,35-31-. The zero-order chi connectivity index (χ0) is 35.9. The third-order valence-electron chi connectivity index (χ3n) is 8.10. The average Bonchev–Trinajstić information content (AvgIpc) is 3.08. The SMILES string of the molecule is CC/C=C\C/C=C\C/C=C\C/C=C\CCCCCCC(=O)OC(/C=C\C/C=C\CCCCCC)CCCCCCCCC(=O)NCC(=O)O. The van der Waals surface area contributed by atoms with E-state index in [0.29, 0.717) is 12.8 Å². The molecule has 0 aliphatic carbocycles. The van der Waals surface area contributed by atoms with Gasteiger partial charge in [0.15, 0.2) is 0 Å². The number of aliphatic carboxylic acids is 1. The molecular formula is C43H71NO5. The number of hydrogen-bond donors (Lipinski definition) is 2. The van der Waals surface area contributed by atoms with Crippen LogP contribution in [0.5, 0.6) is 0 Å². The summed E-state index contributed by atoms with van der Waals surface area (Å²) in [5.74, 6) is -1.32. The molecule has 0 aliphatic heterocycles. The number of ether oxygens (including phenoxy) is 1. The normalized spacial score (nSPS) is 12.9. The van der Waals surface area contributed by atoms with Gasteiger partial charge in [0, 0.05) is 12.8 Å². The van der Waals surface area contributed by atoms with E-state index < -0.39 is 5.97 Å². The molecule has 1 unspecified atom stereocenters. The number of amides is 1. The Kier molecular flexibility index (Phi) is 35.2. The van der Waals surface area contributed by atoms with Crippen molar-refractivity contribution in [2.75, 3.05) is 6.54 Å². The van der Waals surface area contributed by atoms with Crippen molar-refractivity contribution in [3.63, 3.8) is 0 Å². The van der Waals surface area contributed by atoms with Crippen LogP contribution in [0.15, 0.2) is 72.9 Å². The van der Waals surface area contributed by atoms with Gasteiger partial charge < -0.3 is 15.2 Å². The molecule has 0 aliphatic rings. The Balaban J connectivity index is 4.27. The molecule has 0 saturated carbocycles. The zero-order valence-electron chi connectivity index (χ0n) is 31.3. The summed E-state index contributed by atoms with van der Waals surface area (Å²) < 4.78 is 5.90. The number of carbonyl (C=O) groups is 3. The first-order valence-corrected chi connectivity index (χ1v) is 19.6. The van der Waals surface area contributed by atoms with E-state index in [2.05, 4.69) is 92.1 Å². The predicted molar refractivity (Wildman–Crippen MR) is 208 cm³/mol. The fraction of sp³-hybridized carbons (Fsp3) is 0.651. The first kappa shape index (κ1) is 45.9. The van der Waals surface area contributed by atoms with Crippen LogP contribution in [0.3, 0.4) is 0 Å². The molecular weight excluding hydrogens is 610 g/mol. The minimum atomic E-state index is -1.02. The second-order valence-electron chi connectivity index (χ2n) is 12.8. The third-order valence-corrected chi connectivity index (χ3v) is 8.10. The number of hydrogen-bond acceptors (Lipinski definition) is 4. The highest BCUT2D eigenvalue weighted by atomic mass is 16.5. The Labute approximate surface area is 300 Å². The third kappa shape index (κ3) is 37.5. The number of carboxylic acid groups (broad SMARTS) is 1. The summed E-state index contributed by atoms with van der Waals surface area (Å²) in [6, 6.07) is 0. The van der Waals surface area contributed by atoms with Crippen LogP contribution >= 0.6 is 0 Å². The molecule has 278 valence electrons. The predicted octanol–water partition coefficient (Wildman–Crippen LogP) is 11.8. The zero-order valence-corrected chi connectivity index (χ0v) is 31.3. The summed E-state index contributed by atoms with van der Waals surface area (Å²) in [6.07, 6.45) is 50.3. The molecule has 0 spiro atoms. The molecule has 6 heteroatoms. The van der Waals surface area contributed by atoms with Gasteiger partial charge in [-0.15, -0.1) is 0 Å². The van der Waals surface area contributed by atoms with E-state index in [1.165, 1.54) is 25.7 Å². The first-order chi connectivity index (χ1) is 24.0. The number of nitrogens with one attached hydrogen (secondary N) is 1. The van der Waals surface area contributed by atoms with E-state index in [9.17, 15) is 14.4 Å². The minimum Gasteiger partial charge on any atom is -0.480 e. The molecule has 0 fully saturated rings. The highest BCUT2D eigenvalue weighted by Gasteiger charge is 2.11. The second kappa shape index (κ2) is 37.7. The number of allylic oxidation sites excluding steroid dienone is 11. The van der Waals surface area contributed by atoms with Gasteiger partial charge in [-0.3, -0.25) is 14.4 Å². The Hall–Kier alpha value is -3.15. The van der Waals surface area contributed by atoms with Crippen LogP contribution in [0, 0.1) is 0 Å². The fourth-order valence-corrected chi connectivity index (χ4v) is 5.22. The van der Waals surface area contributed by atoms with Crippen molar-refractivity contribution >= 4 is 17.8 Å². The van der Waals surface area contributed by atoms with E-state index in [0.717, 1.165) is 116 Å². The van der Waals surface area contributed by atoms with Gasteiger partial charge >= 0.3 is 11.9 Å². The molecule has 0 aromatic heterocycles. The van der Waals surface area contributed by atoms with Crippen LogP contribution < -0.4 is 5.32 Å². The summed E-state index contributed by atoms with van der Waals surface area (Å²) >= 11 is 0. The Morgan fingerprint density at radius 3 is 1.65 bits per heavy atom. The number of rotatable bonds is 34. The molecule has 1 atom stereocenters. The summed E-state index contributed by atoms with van der Waals surface area (Å²) in [6.45, 7) is 4.07. The van der Waals surface area contributed by atoms with E-state index in [4.69, 9.17) is 9.84 Å². The highest BCUT2D eigenvalue weighted by molar-refractivity contribution is 5.80. The summed E-state index contributed by atoms with van der Waals surface area (Å²) in [7, 11) is 0. The van der Waals surface area contributed by atoms with Crippen LogP contribution in [0.4, 0.5) is 0 Å². The average molecular weight is 682 g/mol. The first-order valence-electron chi connectivity index (χ1n) is 19.6. The largest absolute Gasteiger partial charge is 0.480 e. The molecule has 0 radical (unpaired) electrons. The molecule has 6 nitrogen and oxygen atoms in total. The molecule has 0 heterocycles. The van der Waals surface area contributed by atoms with Crippen molar-refractivity contribution in [2.24, 2.45) is 0 Å². The lowest BCUT2D eigenvalue weighted by molar-refractivity contribution is -0.147.